The predicted molar refractivity (Wildman–Crippen MR) is 132 cm³/mol. The van der Waals surface area contributed by atoms with Crippen molar-refractivity contribution in [1.29, 1.82) is 0 Å². The van der Waals surface area contributed by atoms with E-state index in [1.807, 2.05) is 0 Å². The van der Waals surface area contributed by atoms with Crippen LogP contribution < -0.4 is 0 Å². The molecule has 0 aromatic rings. The number of rotatable bonds is 25. The Bertz CT molecular complexity index is 529. The molecule has 2 N–H and O–H groups in total. The molecule has 0 bridgehead atoms. The van der Waals surface area contributed by atoms with E-state index >= 15 is 0 Å². The van der Waals surface area contributed by atoms with E-state index in [0.717, 1.165) is 38.5 Å². The van der Waals surface area contributed by atoms with Gasteiger partial charge in [-0.1, -0.05) is 103 Å². The number of unbranched alkanes of at least 4 members (excludes halogenated alkanes) is 17. The van der Waals surface area contributed by atoms with E-state index in [1.54, 1.807) is 0 Å². The molecule has 0 aliphatic rings. The van der Waals surface area contributed by atoms with E-state index in [9.17, 15) is 19.2 Å². The molecule has 0 aromatic carbocycles. The van der Waals surface area contributed by atoms with Gasteiger partial charge in [-0.3, -0.25) is 9.59 Å². The van der Waals surface area contributed by atoms with Crippen LogP contribution >= 0.6 is 0 Å². The summed E-state index contributed by atoms with van der Waals surface area (Å²) in [6.07, 6.45) is 18.6. The minimum absolute atomic E-state index is 0.302. The van der Waals surface area contributed by atoms with Crippen molar-refractivity contribution in [3.05, 3.63) is 0 Å². The van der Waals surface area contributed by atoms with Crippen LogP contribution in [0.4, 0.5) is 9.59 Å². The first kappa shape index (κ1) is 33.5. The van der Waals surface area contributed by atoms with E-state index in [4.69, 9.17) is 10.2 Å². The van der Waals surface area contributed by atoms with Crippen molar-refractivity contribution in [1.82, 2.24) is 0 Å². The van der Waals surface area contributed by atoms with Gasteiger partial charge in [0.2, 0.25) is 13.6 Å². The van der Waals surface area contributed by atoms with Crippen LogP contribution in [0, 0.1) is 0 Å². The van der Waals surface area contributed by atoms with Gasteiger partial charge >= 0.3 is 24.2 Å². The minimum Gasteiger partial charge on any atom is -0.450 e. The second kappa shape index (κ2) is 25.6. The first-order chi connectivity index (χ1) is 17.4. The highest BCUT2D eigenvalue weighted by molar-refractivity contribution is 5.69. The van der Waals surface area contributed by atoms with Gasteiger partial charge in [-0.2, -0.15) is 0 Å². The molecule has 0 spiro atoms. The van der Waals surface area contributed by atoms with Crippen LogP contribution in [0.25, 0.3) is 0 Å². The Morgan fingerprint density at radius 1 is 0.361 bits per heavy atom. The molecule has 210 valence electrons. The molecule has 0 aliphatic heterocycles. The highest BCUT2D eigenvalue weighted by Gasteiger charge is 2.05. The summed E-state index contributed by atoms with van der Waals surface area (Å²) in [7, 11) is 0. The summed E-state index contributed by atoms with van der Waals surface area (Å²) >= 11 is 0. The lowest BCUT2D eigenvalue weighted by Crippen LogP contribution is -2.10. The van der Waals surface area contributed by atoms with Gasteiger partial charge in [-0.05, 0) is 12.8 Å². The molecule has 10 heteroatoms. The number of carboxylic acid groups (broad SMARTS) is 2. The average Bonchev–Trinajstić information content (AvgIpc) is 2.82. The van der Waals surface area contributed by atoms with Crippen LogP contribution in [0.2, 0.25) is 0 Å². The third kappa shape index (κ3) is 27.7. The van der Waals surface area contributed by atoms with E-state index in [-0.39, 0.29) is 0 Å². The summed E-state index contributed by atoms with van der Waals surface area (Å²) in [5.74, 6) is -0.839. The summed E-state index contributed by atoms with van der Waals surface area (Å²) in [5.41, 5.74) is 0. The van der Waals surface area contributed by atoms with Crippen molar-refractivity contribution < 1.29 is 48.3 Å². The first-order valence-corrected chi connectivity index (χ1v) is 13.4. The smallest absolute Gasteiger partial charge is 0.450 e. The van der Waals surface area contributed by atoms with Crippen molar-refractivity contribution in [2.45, 2.75) is 128 Å². The Kier molecular flexibility index (Phi) is 23.8. The Morgan fingerprint density at radius 2 is 0.583 bits per heavy atom. The van der Waals surface area contributed by atoms with Crippen LogP contribution in [0.1, 0.15) is 128 Å². The Hall–Kier alpha value is -2.52. The van der Waals surface area contributed by atoms with E-state index in [2.05, 4.69) is 18.9 Å². The summed E-state index contributed by atoms with van der Waals surface area (Å²) in [6, 6.07) is 0. The quantitative estimate of drug-likeness (QED) is 0.0723. The Balaban J connectivity index is 3.17. The number of ether oxygens (including phenoxy) is 4. The largest absolute Gasteiger partial charge is 0.508 e. The van der Waals surface area contributed by atoms with E-state index in [0.29, 0.717) is 12.8 Å². The van der Waals surface area contributed by atoms with Crippen molar-refractivity contribution in [3.63, 3.8) is 0 Å². The van der Waals surface area contributed by atoms with Gasteiger partial charge in [0.05, 0.1) is 0 Å². The fraction of sp³-hybridized carbons (Fsp3) is 0.846. The van der Waals surface area contributed by atoms with Crippen LogP contribution in [0.3, 0.4) is 0 Å². The zero-order chi connectivity index (χ0) is 26.7. The van der Waals surface area contributed by atoms with E-state index in [1.165, 1.54) is 77.0 Å². The third-order valence-corrected chi connectivity index (χ3v) is 5.82. The highest BCUT2D eigenvalue weighted by atomic mass is 16.8. The Labute approximate surface area is 215 Å². The van der Waals surface area contributed by atoms with Crippen LogP contribution in [-0.2, 0) is 28.5 Å². The molecule has 0 atom stereocenters. The first-order valence-electron chi connectivity index (χ1n) is 13.4. The van der Waals surface area contributed by atoms with Crippen molar-refractivity contribution in [2.24, 2.45) is 0 Å². The van der Waals surface area contributed by atoms with Gasteiger partial charge in [0.15, 0.2) is 0 Å². The van der Waals surface area contributed by atoms with Gasteiger partial charge in [0.25, 0.3) is 0 Å². The van der Waals surface area contributed by atoms with Crippen molar-refractivity contribution in [2.75, 3.05) is 13.6 Å². The second-order valence-electron chi connectivity index (χ2n) is 8.95. The molecule has 0 amide bonds. The minimum atomic E-state index is -1.45. The van der Waals surface area contributed by atoms with Crippen LogP contribution in [0.5, 0.6) is 0 Å². The number of esters is 2. The molecule has 36 heavy (non-hydrogen) atoms. The molecule has 0 radical (unpaired) electrons. The maximum absolute atomic E-state index is 11.3. The molecule has 0 fully saturated rings. The normalized spacial score (nSPS) is 10.6. The van der Waals surface area contributed by atoms with Gasteiger partial charge in [0, 0.05) is 12.8 Å². The lowest BCUT2D eigenvalue weighted by atomic mass is 10.0. The average molecular weight is 519 g/mol. The predicted octanol–water partition coefficient (Wildman–Crippen LogP) is 7.18. The molecular weight excluding hydrogens is 472 g/mol. The van der Waals surface area contributed by atoms with Crippen LogP contribution in [0.15, 0.2) is 0 Å². The zero-order valence-electron chi connectivity index (χ0n) is 21.7. The molecule has 0 aliphatic carbocycles. The fourth-order valence-corrected chi connectivity index (χ4v) is 3.80. The fourth-order valence-electron chi connectivity index (χ4n) is 3.80. The lowest BCUT2D eigenvalue weighted by molar-refractivity contribution is -0.154. The monoisotopic (exact) mass is 518 g/mol. The van der Waals surface area contributed by atoms with Gasteiger partial charge in [0.1, 0.15) is 0 Å². The molecule has 0 saturated heterocycles. The highest BCUT2D eigenvalue weighted by Crippen LogP contribution is 2.15. The standard InChI is InChI=1S/C26H46O10/c27-23(33-21-35-25(29)30)19-17-15-13-11-9-7-5-3-1-2-4-6-8-10-12-14-16-18-20-24(28)34-22-36-26(31)32/h1-22H2,(H,29,30)(H,31,32). The maximum atomic E-state index is 11.3. The molecule has 10 nitrogen and oxygen atoms in total. The number of carbonyl (C=O) groups is 4. The Morgan fingerprint density at radius 3 is 0.806 bits per heavy atom. The summed E-state index contributed by atoms with van der Waals surface area (Å²) in [5, 5.41) is 16.5. The third-order valence-electron chi connectivity index (χ3n) is 5.82. The SMILES string of the molecule is O=C(O)OCOC(=O)CCCCCCCCCCCCCCCCCCCCC(=O)OCOC(=O)O. The molecule has 0 unspecified atom stereocenters. The molecule has 0 heterocycles. The second-order valence-corrected chi connectivity index (χ2v) is 8.95. The van der Waals surface area contributed by atoms with Gasteiger partial charge in [-0.25, -0.2) is 9.59 Å². The van der Waals surface area contributed by atoms with Crippen molar-refractivity contribution >= 4 is 24.2 Å². The summed E-state index contributed by atoms with van der Waals surface area (Å²) in [4.78, 5) is 42.9. The van der Waals surface area contributed by atoms with Crippen LogP contribution in [-0.4, -0.2) is 48.0 Å². The van der Waals surface area contributed by atoms with Gasteiger partial charge in [-0.15, -0.1) is 0 Å². The zero-order valence-corrected chi connectivity index (χ0v) is 21.7. The maximum Gasteiger partial charge on any atom is 0.508 e. The van der Waals surface area contributed by atoms with E-state index < -0.39 is 37.8 Å². The molecule has 0 rings (SSSR count). The topological polar surface area (TPSA) is 146 Å². The number of hydrogen-bond acceptors (Lipinski definition) is 8. The lowest BCUT2D eigenvalue weighted by Gasteiger charge is -2.05. The summed E-state index contributed by atoms with van der Waals surface area (Å²) in [6.45, 7) is -1.07. The molecule has 0 saturated carbocycles. The molecular formula is C26H46O10. The summed E-state index contributed by atoms with van der Waals surface area (Å²) < 4.78 is 17.5. The van der Waals surface area contributed by atoms with Crippen molar-refractivity contribution in [3.8, 4) is 0 Å². The number of carbonyl (C=O) groups excluding carboxylic acids is 2. The van der Waals surface area contributed by atoms with Gasteiger partial charge < -0.3 is 29.2 Å². The number of hydrogen-bond donors (Lipinski definition) is 2. The molecule has 0 aromatic heterocycles.